The van der Waals surface area contributed by atoms with Gasteiger partial charge >= 0.3 is 0 Å². The third-order valence-electron chi connectivity index (χ3n) is 6.22. The first kappa shape index (κ1) is 20.7. The summed E-state index contributed by atoms with van der Waals surface area (Å²) in [4.78, 5) is 0. The molecule has 0 bridgehead atoms. The predicted molar refractivity (Wildman–Crippen MR) is 134 cm³/mol. The van der Waals surface area contributed by atoms with Crippen molar-refractivity contribution in [1.29, 1.82) is 0 Å². The van der Waals surface area contributed by atoms with Crippen LogP contribution in [0.15, 0.2) is 60.1 Å². The number of hydrogen-bond acceptors (Lipinski definition) is 1. The molecule has 0 fully saturated rings. The molecule has 0 spiro atoms. The Morgan fingerprint density at radius 3 is 2.31 bits per heavy atom. The van der Waals surface area contributed by atoms with Crippen LogP contribution in [0.25, 0.3) is 42.3 Å². The summed E-state index contributed by atoms with van der Waals surface area (Å²) in [5, 5.41) is 7.05. The second kappa shape index (κ2) is 7.42. The molecule has 32 heavy (non-hydrogen) atoms. The van der Waals surface area contributed by atoms with Crippen LogP contribution in [0.4, 0.5) is 4.39 Å². The molecule has 3 heterocycles. The Morgan fingerprint density at radius 1 is 0.906 bits per heavy atom. The molecule has 0 saturated heterocycles. The number of halogens is 1. The monoisotopic (exact) mass is 440 g/mol. The Balaban J connectivity index is 1.89. The molecule has 160 valence electrons. The molecule has 2 aromatic carbocycles. The lowest BCUT2D eigenvalue weighted by atomic mass is 9.97. The zero-order valence-electron chi connectivity index (χ0n) is 19.0. The van der Waals surface area contributed by atoms with E-state index in [-0.39, 0.29) is 5.82 Å². The highest BCUT2D eigenvalue weighted by Crippen LogP contribution is 2.39. The summed E-state index contributed by atoms with van der Waals surface area (Å²) in [5.41, 5.74) is 8.50. The van der Waals surface area contributed by atoms with Crippen molar-refractivity contribution in [1.82, 2.24) is 0 Å². The number of benzene rings is 2. The fourth-order valence-electron chi connectivity index (χ4n) is 4.63. The minimum atomic E-state index is -0.174. The van der Waals surface area contributed by atoms with Gasteiger partial charge in [0.25, 0.3) is 0 Å². The minimum absolute atomic E-state index is 0.174. The Bertz CT molecular complexity index is 1600. The first-order valence-electron chi connectivity index (χ1n) is 10.7. The van der Waals surface area contributed by atoms with Gasteiger partial charge in [0.1, 0.15) is 17.2 Å². The topological polar surface area (TPSA) is 20.0 Å². The lowest BCUT2D eigenvalue weighted by Gasteiger charge is -2.28. The van der Waals surface area contributed by atoms with Crippen molar-refractivity contribution < 1.29 is 8.63 Å². The summed E-state index contributed by atoms with van der Waals surface area (Å²) in [6.07, 6.45) is 5.86. The number of thiophene rings is 1. The lowest BCUT2D eigenvalue weighted by molar-refractivity contribution is -0.484. The smallest absolute Gasteiger partial charge is 0.235 e. The molecule has 4 aromatic rings. The molecule has 2 nitrogen and oxygen atoms in total. The molecular weight excluding hydrogens is 415 g/mol. The summed E-state index contributed by atoms with van der Waals surface area (Å²) >= 11 is 1.51. The van der Waals surface area contributed by atoms with E-state index < -0.39 is 0 Å². The normalized spacial score (nSPS) is 14.0. The van der Waals surface area contributed by atoms with Crippen molar-refractivity contribution in [2.45, 2.75) is 34.6 Å². The van der Waals surface area contributed by atoms with E-state index in [4.69, 9.17) is 0 Å². The Kier molecular flexibility index (Phi) is 4.79. The summed E-state index contributed by atoms with van der Waals surface area (Å²) in [7, 11) is 0. The van der Waals surface area contributed by atoms with E-state index in [1.54, 1.807) is 0 Å². The van der Waals surface area contributed by atoms with Gasteiger partial charge in [-0.25, -0.2) is 4.39 Å². The van der Waals surface area contributed by atoms with Crippen LogP contribution < -0.4 is 9.46 Å². The van der Waals surface area contributed by atoms with Gasteiger partial charge in [0.15, 0.2) is 6.20 Å². The molecule has 0 radical (unpaired) electrons. The predicted octanol–water partition coefficient (Wildman–Crippen LogP) is 7.06. The van der Waals surface area contributed by atoms with E-state index in [9.17, 15) is 0 Å². The zero-order chi connectivity index (χ0) is 22.7. The van der Waals surface area contributed by atoms with Crippen LogP contribution in [0, 0.1) is 33.3 Å². The van der Waals surface area contributed by atoms with E-state index in [1.165, 1.54) is 28.0 Å². The average Bonchev–Trinajstić information content (AvgIpc) is 3.10. The summed E-state index contributed by atoms with van der Waals surface area (Å²) in [6, 6.07) is 10.4. The third-order valence-corrected chi connectivity index (χ3v) is 7.44. The number of nitrogens with zero attached hydrogens (tertiary/aromatic N) is 2. The van der Waals surface area contributed by atoms with Gasteiger partial charge in [-0.15, -0.1) is 11.3 Å². The highest BCUT2D eigenvalue weighted by Gasteiger charge is 2.22. The average molecular weight is 441 g/mol. The molecule has 4 heteroatoms. The zero-order valence-corrected chi connectivity index (χ0v) is 19.8. The van der Waals surface area contributed by atoms with E-state index in [0.29, 0.717) is 9.92 Å². The van der Waals surface area contributed by atoms with Gasteiger partial charge in [0.05, 0.1) is 10.3 Å². The van der Waals surface area contributed by atoms with Crippen molar-refractivity contribution >= 4 is 37.1 Å². The van der Waals surface area contributed by atoms with Crippen LogP contribution in [0.3, 0.4) is 0 Å². The second-order valence-corrected chi connectivity index (χ2v) is 9.70. The second-order valence-electron chi connectivity index (χ2n) is 8.68. The van der Waals surface area contributed by atoms with E-state index in [0.717, 1.165) is 43.7 Å². The Morgan fingerprint density at radius 2 is 1.59 bits per heavy atom. The number of aryl methyl sites for hydroxylation is 2. The lowest BCUT2D eigenvalue weighted by Crippen LogP contribution is -2.16. The number of aromatic nitrogens is 1. The van der Waals surface area contributed by atoms with Crippen molar-refractivity contribution in [2.75, 3.05) is 0 Å². The van der Waals surface area contributed by atoms with Crippen LogP contribution in [0.1, 0.15) is 30.5 Å². The van der Waals surface area contributed by atoms with Gasteiger partial charge in [-0.05, 0) is 43.5 Å². The van der Waals surface area contributed by atoms with Crippen molar-refractivity contribution in [3.63, 3.8) is 0 Å². The Labute approximate surface area is 191 Å². The van der Waals surface area contributed by atoms with E-state index in [1.807, 2.05) is 54.6 Å². The SMILES string of the molecule is C=[n+]1ccc2c(sc3c(F)c(=C4C=C(C)[N-]C(C)=C4)ccc32)c1-c1cc(C)cc(C)c1C. The fraction of sp³-hybridized carbons (Fsp3) is 0.179. The molecule has 0 N–H and O–H groups in total. The number of rotatable bonds is 1. The van der Waals surface area contributed by atoms with Gasteiger partial charge in [-0.3, -0.25) is 0 Å². The Hall–Kier alpha value is -3.24. The van der Waals surface area contributed by atoms with Gasteiger partial charge in [-0.2, -0.15) is 15.6 Å². The number of fused-ring (bicyclic) bond motifs is 3. The summed E-state index contributed by atoms with van der Waals surface area (Å²) < 4.78 is 19.5. The molecule has 0 amide bonds. The van der Waals surface area contributed by atoms with E-state index in [2.05, 4.69) is 44.9 Å². The number of hydrogen-bond donors (Lipinski definition) is 0. The van der Waals surface area contributed by atoms with Crippen LogP contribution in [0.5, 0.6) is 0 Å². The molecule has 0 aliphatic carbocycles. The van der Waals surface area contributed by atoms with Gasteiger partial charge < -0.3 is 5.32 Å². The van der Waals surface area contributed by atoms with E-state index >= 15 is 4.39 Å². The molecule has 2 aromatic heterocycles. The molecule has 1 aliphatic rings. The maximum atomic E-state index is 15.9. The van der Waals surface area contributed by atoms with Crippen molar-refractivity contribution in [3.8, 4) is 11.3 Å². The standard InChI is InChI=1S/C28H25FN2S/c1-15-11-16(2)19(5)24(12-15)26-28-23(9-10-31(26)6)22-8-7-21(25(29)27(22)32-28)20-13-17(3)30-18(4)14-20/h7-14H,6H2,1-5H3. The molecule has 0 atom stereocenters. The van der Waals surface area contributed by atoms with Gasteiger partial charge in [0, 0.05) is 22.1 Å². The number of pyridine rings is 1. The highest BCUT2D eigenvalue weighted by molar-refractivity contribution is 7.26. The third kappa shape index (κ3) is 3.18. The number of allylic oxidation sites excluding steroid dienone is 4. The van der Waals surface area contributed by atoms with Gasteiger partial charge in [0.2, 0.25) is 5.69 Å². The van der Waals surface area contributed by atoms with Crippen LogP contribution in [0.2, 0.25) is 0 Å². The van der Waals surface area contributed by atoms with Crippen LogP contribution in [-0.4, -0.2) is 0 Å². The maximum absolute atomic E-state index is 15.9. The quantitative estimate of drug-likeness (QED) is 0.282. The first-order chi connectivity index (χ1) is 15.2. The highest BCUT2D eigenvalue weighted by atomic mass is 32.1. The van der Waals surface area contributed by atoms with Crippen molar-refractivity contribution in [3.05, 3.63) is 99.8 Å². The molecule has 1 aliphatic heterocycles. The summed E-state index contributed by atoms with van der Waals surface area (Å²) in [6.45, 7) is 14.5. The molecule has 0 unspecified atom stereocenters. The maximum Gasteiger partial charge on any atom is 0.235 e. The van der Waals surface area contributed by atoms with Crippen molar-refractivity contribution in [2.24, 2.45) is 0 Å². The molecule has 5 rings (SSSR count). The molecule has 0 saturated carbocycles. The largest absolute Gasteiger partial charge is 0.665 e. The summed E-state index contributed by atoms with van der Waals surface area (Å²) in [5.74, 6) is -0.174. The van der Waals surface area contributed by atoms with Crippen LogP contribution >= 0.6 is 11.3 Å². The minimum Gasteiger partial charge on any atom is -0.665 e. The van der Waals surface area contributed by atoms with Crippen LogP contribution in [-0.2, 0) is 0 Å². The fourth-order valence-corrected chi connectivity index (χ4v) is 5.94. The molecular formula is C28H25FN2S. The van der Waals surface area contributed by atoms with Gasteiger partial charge in [-0.1, -0.05) is 49.8 Å². The first-order valence-corrected chi connectivity index (χ1v) is 11.5.